The number of nitrogens with one attached hydrogen (secondary N) is 2. The standard InChI is InChI=1S/C23H21ClF2N2O5/c24-12-1-4-18-14(5-12)17(29)7-19(33-18)21(31)28-23-9-22(10-23,11-23)27-20(30)8-32-13-2-3-15(25)16(26)6-13/h1-6,17,19,29H,7-11H2,(H,27,30)(H,28,31)/t17-,19-,22?,23?/m0/s1. The summed E-state index contributed by atoms with van der Waals surface area (Å²) in [4.78, 5) is 25.0. The molecule has 1 heterocycles. The molecule has 6 rings (SSSR count). The van der Waals surface area contributed by atoms with Gasteiger partial charge in [-0.25, -0.2) is 8.78 Å². The molecule has 2 amide bonds. The fourth-order valence-electron chi connectivity index (χ4n) is 5.02. The van der Waals surface area contributed by atoms with Crippen molar-refractivity contribution >= 4 is 23.4 Å². The zero-order valence-electron chi connectivity index (χ0n) is 17.4. The van der Waals surface area contributed by atoms with E-state index in [1.807, 2.05) is 0 Å². The zero-order chi connectivity index (χ0) is 23.4. The first-order chi connectivity index (χ1) is 15.7. The monoisotopic (exact) mass is 478 g/mol. The minimum absolute atomic E-state index is 0.0592. The molecule has 33 heavy (non-hydrogen) atoms. The topological polar surface area (TPSA) is 96.9 Å². The van der Waals surface area contributed by atoms with Crippen molar-refractivity contribution < 1.29 is 33.0 Å². The van der Waals surface area contributed by atoms with Crippen LogP contribution in [0.4, 0.5) is 8.78 Å². The number of aliphatic hydroxyl groups excluding tert-OH is 1. The number of ether oxygens (including phenoxy) is 2. The van der Waals surface area contributed by atoms with Gasteiger partial charge in [-0.1, -0.05) is 11.6 Å². The van der Waals surface area contributed by atoms with Gasteiger partial charge in [0, 0.05) is 34.2 Å². The second-order valence-electron chi connectivity index (χ2n) is 9.03. The largest absolute Gasteiger partial charge is 0.484 e. The summed E-state index contributed by atoms with van der Waals surface area (Å²) in [7, 11) is 0. The highest BCUT2D eigenvalue weighted by Crippen LogP contribution is 2.60. The van der Waals surface area contributed by atoms with E-state index in [1.165, 1.54) is 6.07 Å². The van der Waals surface area contributed by atoms with Crippen molar-refractivity contribution in [2.75, 3.05) is 6.61 Å². The Balaban J connectivity index is 1.10. The van der Waals surface area contributed by atoms with Crippen LogP contribution in [0, 0.1) is 11.6 Å². The van der Waals surface area contributed by atoms with Gasteiger partial charge in [-0.05, 0) is 49.6 Å². The van der Waals surface area contributed by atoms with Crippen LogP contribution in [0.15, 0.2) is 36.4 Å². The van der Waals surface area contributed by atoms with Gasteiger partial charge in [-0.15, -0.1) is 0 Å². The minimum atomic E-state index is -1.05. The summed E-state index contributed by atoms with van der Waals surface area (Å²) in [6.45, 7) is -0.330. The number of aliphatic hydroxyl groups is 1. The lowest BCUT2D eigenvalue weighted by Crippen LogP contribution is -2.84. The lowest BCUT2D eigenvalue weighted by atomic mass is 9.44. The number of rotatable bonds is 6. The molecule has 7 nitrogen and oxygen atoms in total. The molecule has 2 bridgehead atoms. The average molecular weight is 479 g/mol. The molecule has 0 saturated heterocycles. The van der Waals surface area contributed by atoms with Gasteiger partial charge in [-0.2, -0.15) is 0 Å². The van der Waals surface area contributed by atoms with E-state index in [-0.39, 0.29) is 30.6 Å². The van der Waals surface area contributed by atoms with E-state index in [4.69, 9.17) is 21.1 Å². The van der Waals surface area contributed by atoms with E-state index in [0.29, 0.717) is 35.6 Å². The minimum Gasteiger partial charge on any atom is -0.484 e. The van der Waals surface area contributed by atoms with Crippen LogP contribution in [0.2, 0.25) is 5.02 Å². The van der Waals surface area contributed by atoms with Crippen LogP contribution in [0.1, 0.15) is 37.4 Å². The van der Waals surface area contributed by atoms with Crippen molar-refractivity contribution in [3.63, 3.8) is 0 Å². The maximum absolute atomic E-state index is 13.2. The van der Waals surface area contributed by atoms with Crippen molar-refractivity contribution in [2.24, 2.45) is 0 Å². The Morgan fingerprint density at radius 1 is 1.09 bits per heavy atom. The zero-order valence-corrected chi connectivity index (χ0v) is 18.1. The van der Waals surface area contributed by atoms with E-state index < -0.39 is 34.9 Å². The van der Waals surface area contributed by atoms with Crippen molar-refractivity contribution in [1.29, 1.82) is 0 Å². The summed E-state index contributed by atoms with van der Waals surface area (Å²) in [5.41, 5.74) is -0.248. The van der Waals surface area contributed by atoms with Crippen LogP contribution in [-0.2, 0) is 9.59 Å². The molecule has 2 atom stereocenters. The first-order valence-corrected chi connectivity index (χ1v) is 10.9. The van der Waals surface area contributed by atoms with Crippen LogP contribution in [-0.4, -0.2) is 40.7 Å². The molecule has 0 radical (unpaired) electrons. The van der Waals surface area contributed by atoms with Crippen LogP contribution >= 0.6 is 11.6 Å². The van der Waals surface area contributed by atoms with Crippen LogP contribution in [0.3, 0.4) is 0 Å². The quantitative estimate of drug-likeness (QED) is 0.593. The molecule has 3 aliphatic carbocycles. The molecule has 0 spiro atoms. The Hall–Kier alpha value is -2.91. The van der Waals surface area contributed by atoms with Crippen molar-refractivity contribution in [3.8, 4) is 11.5 Å². The molecule has 2 aromatic rings. The number of amides is 2. The number of hydrogen-bond acceptors (Lipinski definition) is 5. The molecule has 2 aromatic carbocycles. The lowest BCUT2D eigenvalue weighted by Gasteiger charge is -2.70. The van der Waals surface area contributed by atoms with Gasteiger partial charge in [0.1, 0.15) is 11.5 Å². The Bertz CT molecular complexity index is 1120. The predicted octanol–water partition coefficient (Wildman–Crippen LogP) is 2.79. The smallest absolute Gasteiger partial charge is 0.261 e. The molecule has 0 aromatic heterocycles. The van der Waals surface area contributed by atoms with Gasteiger partial charge in [0.25, 0.3) is 11.8 Å². The van der Waals surface area contributed by atoms with Crippen molar-refractivity contribution in [1.82, 2.24) is 10.6 Å². The third-order valence-corrected chi connectivity index (χ3v) is 6.65. The van der Waals surface area contributed by atoms with E-state index in [9.17, 15) is 23.5 Å². The fourth-order valence-corrected chi connectivity index (χ4v) is 5.20. The summed E-state index contributed by atoms with van der Waals surface area (Å²) < 4.78 is 37.2. The Morgan fingerprint density at radius 2 is 1.82 bits per heavy atom. The Labute approximate surface area is 193 Å². The lowest BCUT2D eigenvalue weighted by molar-refractivity contribution is -0.155. The third-order valence-electron chi connectivity index (χ3n) is 6.41. The second-order valence-corrected chi connectivity index (χ2v) is 9.47. The van der Waals surface area contributed by atoms with Gasteiger partial charge in [0.15, 0.2) is 24.3 Å². The van der Waals surface area contributed by atoms with Crippen molar-refractivity contribution in [2.45, 2.75) is 49.0 Å². The molecule has 3 saturated carbocycles. The first-order valence-electron chi connectivity index (χ1n) is 10.5. The van der Waals surface area contributed by atoms with E-state index in [2.05, 4.69) is 10.6 Å². The van der Waals surface area contributed by atoms with E-state index in [0.717, 1.165) is 12.1 Å². The normalized spacial score (nSPS) is 29.0. The highest BCUT2D eigenvalue weighted by molar-refractivity contribution is 6.30. The first kappa shape index (κ1) is 21.9. The van der Waals surface area contributed by atoms with Crippen LogP contribution in [0.5, 0.6) is 11.5 Å². The van der Waals surface area contributed by atoms with Gasteiger partial charge in [0.2, 0.25) is 0 Å². The van der Waals surface area contributed by atoms with Gasteiger partial charge in [0.05, 0.1) is 6.10 Å². The molecule has 3 N–H and O–H groups in total. The average Bonchev–Trinajstić information content (AvgIpc) is 2.72. The number of halogens is 3. The van der Waals surface area contributed by atoms with E-state index in [1.54, 1.807) is 18.2 Å². The van der Waals surface area contributed by atoms with Crippen LogP contribution < -0.4 is 20.1 Å². The summed E-state index contributed by atoms with van der Waals surface area (Å²) in [6, 6.07) is 7.95. The molecular weight excluding hydrogens is 458 g/mol. The van der Waals surface area contributed by atoms with Gasteiger partial charge < -0.3 is 25.2 Å². The number of carbonyl (C=O) groups is 2. The maximum atomic E-state index is 13.2. The molecule has 174 valence electrons. The summed E-state index contributed by atoms with van der Waals surface area (Å²) >= 11 is 5.96. The molecular formula is C23H21ClF2N2O5. The summed E-state index contributed by atoms with van der Waals surface area (Å²) in [5.74, 6) is -2.24. The molecule has 10 heteroatoms. The van der Waals surface area contributed by atoms with Crippen LogP contribution in [0.25, 0.3) is 0 Å². The Morgan fingerprint density at radius 3 is 2.55 bits per heavy atom. The number of hydrogen-bond donors (Lipinski definition) is 3. The molecule has 1 aliphatic heterocycles. The molecule has 3 fully saturated rings. The van der Waals surface area contributed by atoms with Crippen molar-refractivity contribution in [3.05, 3.63) is 58.6 Å². The number of fused-ring (bicyclic) bond motifs is 1. The highest BCUT2D eigenvalue weighted by Gasteiger charge is 2.69. The Kier molecular flexibility index (Phi) is 5.21. The second kappa shape index (κ2) is 7.85. The summed E-state index contributed by atoms with van der Waals surface area (Å²) in [6.07, 6.45) is 0.172. The predicted molar refractivity (Wildman–Crippen MR) is 113 cm³/mol. The molecule has 4 aliphatic rings. The highest BCUT2D eigenvalue weighted by atomic mass is 35.5. The fraction of sp³-hybridized carbons (Fsp3) is 0.391. The molecule has 0 unspecified atom stereocenters. The van der Waals surface area contributed by atoms with E-state index >= 15 is 0 Å². The summed E-state index contributed by atoms with van der Waals surface area (Å²) in [5, 5.41) is 16.7. The van der Waals surface area contributed by atoms with Gasteiger partial charge >= 0.3 is 0 Å². The maximum Gasteiger partial charge on any atom is 0.261 e. The SMILES string of the molecule is O=C(COc1ccc(F)c(F)c1)NC12CC(NC(=O)[C@@H]3C[C@H](O)c4cc(Cl)ccc4O3)(C1)C2. The number of benzene rings is 2. The van der Waals surface area contributed by atoms with Gasteiger partial charge in [-0.3, -0.25) is 9.59 Å². The number of carbonyl (C=O) groups excluding carboxylic acids is 2. The third kappa shape index (κ3) is 4.11.